The predicted octanol–water partition coefficient (Wildman–Crippen LogP) is 4.93. The molecule has 0 bridgehead atoms. The van der Waals surface area contributed by atoms with Gasteiger partial charge in [-0.3, -0.25) is 4.99 Å². The van der Waals surface area contributed by atoms with Crippen LogP contribution in [0.5, 0.6) is 0 Å². The van der Waals surface area contributed by atoms with E-state index in [2.05, 4.69) is 61.6 Å². The topological polar surface area (TPSA) is 12.4 Å². The molecule has 0 radical (unpaired) electrons. The summed E-state index contributed by atoms with van der Waals surface area (Å²) in [6, 6.07) is 0. The van der Waals surface area contributed by atoms with Crippen molar-refractivity contribution in [1.82, 2.24) is 0 Å². The molecular formula is C14H30NP. The lowest BCUT2D eigenvalue weighted by Gasteiger charge is -2.32. The van der Waals surface area contributed by atoms with Crippen molar-refractivity contribution in [3.63, 3.8) is 0 Å². The SMILES string of the molecule is CCC(C=NC(C)(C)C)P(C(C)C)C(C)C. The van der Waals surface area contributed by atoms with E-state index in [-0.39, 0.29) is 13.5 Å². The summed E-state index contributed by atoms with van der Waals surface area (Å²) in [6.45, 7) is 18.2. The molecule has 0 rings (SSSR count). The maximum atomic E-state index is 4.70. The van der Waals surface area contributed by atoms with Crippen LogP contribution >= 0.6 is 7.92 Å². The number of rotatable bonds is 5. The highest BCUT2D eigenvalue weighted by Crippen LogP contribution is 2.51. The van der Waals surface area contributed by atoms with E-state index < -0.39 is 0 Å². The van der Waals surface area contributed by atoms with Crippen LogP contribution in [0.15, 0.2) is 4.99 Å². The maximum Gasteiger partial charge on any atom is 0.0520 e. The second-order valence-corrected chi connectivity index (χ2v) is 9.68. The summed E-state index contributed by atoms with van der Waals surface area (Å²) in [5.74, 6) is 0. The first kappa shape index (κ1) is 16.1. The Morgan fingerprint density at radius 1 is 1.06 bits per heavy atom. The van der Waals surface area contributed by atoms with Crippen LogP contribution in [0.1, 0.15) is 61.8 Å². The van der Waals surface area contributed by atoms with Crippen LogP contribution in [0.25, 0.3) is 0 Å². The van der Waals surface area contributed by atoms with Gasteiger partial charge in [-0.2, -0.15) is 0 Å². The second-order valence-electron chi connectivity index (χ2n) is 6.06. The summed E-state index contributed by atoms with van der Waals surface area (Å²) < 4.78 is 0. The smallest absolute Gasteiger partial charge is 0.0520 e. The summed E-state index contributed by atoms with van der Waals surface area (Å²) in [6.07, 6.45) is 3.47. The minimum atomic E-state index is 0.0555. The van der Waals surface area contributed by atoms with Crippen molar-refractivity contribution < 1.29 is 0 Å². The zero-order valence-electron chi connectivity index (χ0n) is 12.4. The Morgan fingerprint density at radius 3 is 1.75 bits per heavy atom. The fourth-order valence-electron chi connectivity index (χ4n) is 2.07. The maximum absolute atomic E-state index is 4.70. The molecule has 0 spiro atoms. The van der Waals surface area contributed by atoms with E-state index >= 15 is 0 Å². The molecule has 0 aliphatic heterocycles. The summed E-state index contributed by atoms with van der Waals surface area (Å²) in [4.78, 5) is 4.70. The molecule has 0 aromatic heterocycles. The quantitative estimate of drug-likeness (QED) is 0.479. The Bertz CT molecular complexity index is 205. The molecular weight excluding hydrogens is 213 g/mol. The molecule has 0 saturated heterocycles. The van der Waals surface area contributed by atoms with Gasteiger partial charge in [-0.1, -0.05) is 42.5 Å². The van der Waals surface area contributed by atoms with Gasteiger partial charge in [0.1, 0.15) is 0 Å². The van der Waals surface area contributed by atoms with Crippen LogP contribution in [-0.2, 0) is 0 Å². The molecule has 0 fully saturated rings. The molecule has 0 amide bonds. The monoisotopic (exact) mass is 243 g/mol. The lowest BCUT2D eigenvalue weighted by atomic mass is 10.1. The molecule has 1 nitrogen and oxygen atoms in total. The molecule has 1 atom stereocenters. The van der Waals surface area contributed by atoms with Crippen molar-refractivity contribution >= 4 is 14.1 Å². The Kier molecular flexibility index (Phi) is 6.79. The van der Waals surface area contributed by atoms with E-state index in [1.54, 1.807) is 0 Å². The third-order valence-corrected chi connectivity index (χ3v) is 6.28. The van der Waals surface area contributed by atoms with Gasteiger partial charge in [0.05, 0.1) is 5.54 Å². The molecule has 0 N–H and O–H groups in total. The van der Waals surface area contributed by atoms with Gasteiger partial charge in [-0.15, -0.1) is 0 Å². The van der Waals surface area contributed by atoms with Gasteiger partial charge < -0.3 is 0 Å². The molecule has 0 aromatic rings. The Labute approximate surface area is 104 Å². The normalized spacial score (nSPS) is 15.7. The fourth-order valence-corrected chi connectivity index (χ4v) is 5.43. The van der Waals surface area contributed by atoms with Crippen molar-refractivity contribution in [3.05, 3.63) is 0 Å². The van der Waals surface area contributed by atoms with Crippen molar-refractivity contribution in [2.45, 2.75) is 84.3 Å². The lowest BCUT2D eigenvalue weighted by molar-refractivity contribution is 0.584. The first-order chi connectivity index (χ1) is 7.19. The van der Waals surface area contributed by atoms with Gasteiger partial charge in [-0.05, 0) is 38.5 Å². The third-order valence-electron chi connectivity index (χ3n) is 2.63. The van der Waals surface area contributed by atoms with Crippen molar-refractivity contribution in [2.24, 2.45) is 4.99 Å². The zero-order chi connectivity index (χ0) is 12.9. The molecule has 0 aromatic carbocycles. The third kappa shape index (κ3) is 5.99. The average molecular weight is 243 g/mol. The van der Waals surface area contributed by atoms with Crippen molar-refractivity contribution in [1.29, 1.82) is 0 Å². The average Bonchev–Trinajstić information content (AvgIpc) is 2.08. The highest BCUT2D eigenvalue weighted by molar-refractivity contribution is 7.60. The van der Waals surface area contributed by atoms with Crippen LogP contribution < -0.4 is 0 Å². The summed E-state index contributed by atoms with van der Waals surface area (Å²) in [7, 11) is 0.0555. The standard InChI is InChI=1S/C14H30NP/c1-9-13(10-15-14(6,7)8)16(11(2)3)12(4)5/h10-13H,9H2,1-8H3. The largest absolute Gasteiger partial charge is 0.291 e. The van der Waals surface area contributed by atoms with Gasteiger partial charge in [0.25, 0.3) is 0 Å². The number of aliphatic imine (C=N–C) groups is 1. The summed E-state index contributed by atoms with van der Waals surface area (Å²) >= 11 is 0. The molecule has 0 saturated carbocycles. The van der Waals surface area contributed by atoms with Gasteiger partial charge in [-0.25, -0.2) is 0 Å². The first-order valence-corrected chi connectivity index (χ1v) is 8.06. The van der Waals surface area contributed by atoms with E-state index in [1.165, 1.54) is 6.42 Å². The predicted molar refractivity (Wildman–Crippen MR) is 79.5 cm³/mol. The number of hydrogen-bond acceptors (Lipinski definition) is 1. The van der Waals surface area contributed by atoms with Gasteiger partial charge in [0.2, 0.25) is 0 Å². The van der Waals surface area contributed by atoms with Crippen molar-refractivity contribution in [3.8, 4) is 0 Å². The van der Waals surface area contributed by atoms with Crippen molar-refractivity contribution in [2.75, 3.05) is 0 Å². The lowest BCUT2D eigenvalue weighted by Crippen LogP contribution is -2.20. The minimum absolute atomic E-state index is 0.0555. The van der Waals surface area contributed by atoms with E-state index in [0.29, 0.717) is 5.66 Å². The van der Waals surface area contributed by atoms with Gasteiger partial charge in [0, 0.05) is 11.9 Å². The van der Waals surface area contributed by atoms with Crippen LogP contribution in [0.4, 0.5) is 0 Å². The van der Waals surface area contributed by atoms with Crippen LogP contribution in [0, 0.1) is 0 Å². The van der Waals surface area contributed by atoms with Gasteiger partial charge in [0.15, 0.2) is 0 Å². The fraction of sp³-hybridized carbons (Fsp3) is 0.929. The first-order valence-electron chi connectivity index (χ1n) is 6.51. The van der Waals surface area contributed by atoms with Crippen LogP contribution in [0.3, 0.4) is 0 Å². The number of nitrogens with zero attached hydrogens (tertiary/aromatic N) is 1. The summed E-state index contributed by atoms with van der Waals surface area (Å²) in [5.41, 5.74) is 2.36. The zero-order valence-corrected chi connectivity index (χ0v) is 13.3. The highest BCUT2D eigenvalue weighted by atomic mass is 31.1. The van der Waals surface area contributed by atoms with Gasteiger partial charge >= 0.3 is 0 Å². The molecule has 96 valence electrons. The molecule has 16 heavy (non-hydrogen) atoms. The Morgan fingerprint density at radius 2 is 1.50 bits per heavy atom. The van der Waals surface area contributed by atoms with E-state index in [0.717, 1.165) is 11.3 Å². The second kappa shape index (κ2) is 6.74. The number of hydrogen-bond donors (Lipinski definition) is 0. The Hall–Kier alpha value is 0.100. The minimum Gasteiger partial charge on any atom is -0.291 e. The summed E-state index contributed by atoms with van der Waals surface area (Å²) in [5, 5.41) is 0. The molecule has 0 heterocycles. The Balaban J connectivity index is 4.75. The van der Waals surface area contributed by atoms with E-state index in [4.69, 9.17) is 4.99 Å². The van der Waals surface area contributed by atoms with Crippen LogP contribution in [-0.4, -0.2) is 28.7 Å². The molecule has 2 heteroatoms. The molecule has 0 aliphatic rings. The van der Waals surface area contributed by atoms with Crippen LogP contribution in [0.2, 0.25) is 0 Å². The van der Waals surface area contributed by atoms with E-state index in [9.17, 15) is 0 Å². The molecule has 0 aliphatic carbocycles. The highest BCUT2D eigenvalue weighted by Gasteiger charge is 2.24. The molecule has 1 unspecified atom stereocenters. The van der Waals surface area contributed by atoms with E-state index in [1.807, 2.05) is 0 Å².